The fourth-order valence-corrected chi connectivity index (χ4v) is 5.36. The Bertz CT molecular complexity index is 1350. The normalized spacial score (nSPS) is 17.9. The van der Waals surface area contributed by atoms with Crippen molar-refractivity contribution >= 4 is 55.1 Å². The summed E-state index contributed by atoms with van der Waals surface area (Å²) in [5.74, 6) is -0.00424. The van der Waals surface area contributed by atoms with E-state index < -0.39 is 0 Å². The molecule has 5 rings (SSSR count). The Balaban J connectivity index is 1.58. The van der Waals surface area contributed by atoms with Crippen molar-refractivity contribution in [3.63, 3.8) is 0 Å². The van der Waals surface area contributed by atoms with Gasteiger partial charge in [-0.25, -0.2) is 9.36 Å². The van der Waals surface area contributed by atoms with Gasteiger partial charge in [0, 0.05) is 25.2 Å². The van der Waals surface area contributed by atoms with E-state index in [2.05, 4.69) is 71.5 Å². The van der Waals surface area contributed by atoms with Crippen molar-refractivity contribution in [2.24, 2.45) is 7.05 Å². The SMILES string of the molecule is CC1NN(c2sc3ccccc3[n+]2C)C(=O)/C1=C/c1ccc(N(C)C)c2ccccc12. The molecule has 1 atom stereocenters. The molecule has 1 N–H and O–H groups in total. The predicted molar refractivity (Wildman–Crippen MR) is 129 cm³/mol. The minimum Gasteiger partial charge on any atom is -0.377 e. The number of para-hydroxylation sites is 1. The molecule has 1 unspecified atom stereocenters. The van der Waals surface area contributed by atoms with Gasteiger partial charge in [-0.1, -0.05) is 47.5 Å². The molecule has 1 saturated heterocycles. The van der Waals surface area contributed by atoms with Crippen molar-refractivity contribution in [1.29, 1.82) is 0 Å². The number of benzene rings is 3. The molecule has 1 aliphatic rings. The molecule has 1 fully saturated rings. The van der Waals surface area contributed by atoms with Gasteiger partial charge >= 0.3 is 11.0 Å². The highest BCUT2D eigenvalue weighted by atomic mass is 32.1. The largest absolute Gasteiger partial charge is 0.377 e. The van der Waals surface area contributed by atoms with Crippen LogP contribution in [0.1, 0.15) is 12.5 Å². The first-order chi connectivity index (χ1) is 15.0. The van der Waals surface area contributed by atoms with Crippen LogP contribution in [-0.4, -0.2) is 26.0 Å². The molecule has 1 aliphatic heterocycles. The van der Waals surface area contributed by atoms with Crippen LogP contribution in [0.15, 0.2) is 66.2 Å². The fraction of sp³-hybridized carbons (Fsp3) is 0.200. The Hall–Kier alpha value is -3.22. The second kappa shape index (κ2) is 7.48. The number of aryl methyl sites for hydroxylation is 1. The van der Waals surface area contributed by atoms with E-state index in [0.717, 1.165) is 31.9 Å². The van der Waals surface area contributed by atoms with Crippen molar-refractivity contribution in [2.75, 3.05) is 24.0 Å². The summed E-state index contributed by atoms with van der Waals surface area (Å²) >= 11 is 1.62. The molecule has 2 heterocycles. The van der Waals surface area contributed by atoms with Crippen molar-refractivity contribution in [2.45, 2.75) is 13.0 Å². The maximum absolute atomic E-state index is 13.4. The molecule has 4 aromatic rings. The van der Waals surface area contributed by atoms with Gasteiger partial charge in [0.1, 0.15) is 5.52 Å². The minimum atomic E-state index is -0.0787. The van der Waals surface area contributed by atoms with Gasteiger partial charge in [0.15, 0.2) is 0 Å². The zero-order valence-corrected chi connectivity index (χ0v) is 18.9. The number of nitrogens with zero attached hydrogens (tertiary/aromatic N) is 3. The molecule has 0 spiro atoms. The van der Waals surface area contributed by atoms with E-state index >= 15 is 0 Å². The number of nitrogens with one attached hydrogen (secondary N) is 1. The first-order valence-corrected chi connectivity index (χ1v) is 11.2. The molecule has 0 saturated carbocycles. The quantitative estimate of drug-likeness (QED) is 0.391. The molecule has 1 aromatic heterocycles. The third-order valence-corrected chi connectivity index (χ3v) is 7.08. The lowest BCUT2D eigenvalue weighted by Gasteiger charge is -2.16. The maximum Gasteiger partial charge on any atom is 0.363 e. The number of carbonyl (C=O) groups excluding carboxylic acids is 1. The van der Waals surface area contributed by atoms with Crippen LogP contribution in [0.25, 0.3) is 27.1 Å². The van der Waals surface area contributed by atoms with Crippen LogP contribution in [0.3, 0.4) is 0 Å². The number of amides is 1. The molecular formula is C25H25N4OS+. The van der Waals surface area contributed by atoms with Crippen LogP contribution in [-0.2, 0) is 11.8 Å². The fourth-order valence-electron chi connectivity index (χ4n) is 4.24. The Morgan fingerprint density at radius 3 is 2.48 bits per heavy atom. The Morgan fingerprint density at radius 2 is 1.74 bits per heavy atom. The van der Waals surface area contributed by atoms with Crippen LogP contribution >= 0.6 is 11.3 Å². The average molecular weight is 430 g/mol. The van der Waals surface area contributed by atoms with Gasteiger partial charge in [0.05, 0.1) is 23.4 Å². The highest BCUT2D eigenvalue weighted by molar-refractivity contribution is 7.21. The van der Waals surface area contributed by atoms with E-state index in [1.165, 1.54) is 11.1 Å². The first kappa shape index (κ1) is 19.7. The van der Waals surface area contributed by atoms with Crippen LogP contribution in [0.2, 0.25) is 0 Å². The molecule has 156 valence electrons. The Morgan fingerprint density at radius 1 is 1.03 bits per heavy atom. The van der Waals surface area contributed by atoms with Crippen molar-refractivity contribution in [3.05, 3.63) is 71.8 Å². The second-order valence-electron chi connectivity index (χ2n) is 8.12. The zero-order valence-electron chi connectivity index (χ0n) is 18.1. The Kier molecular flexibility index (Phi) is 4.76. The summed E-state index contributed by atoms with van der Waals surface area (Å²) in [6, 6.07) is 20.7. The topological polar surface area (TPSA) is 39.5 Å². The zero-order chi connectivity index (χ0) is 21.7. The van der Waals surface area contributed by atoms with Crippen LogP contribution in [0.4, 0.5) is 10.8 Å². The van der Waals surface area contributed by atoms with Gasteiger partial charge in [-0.2, -0.15) is 0 Å². The molecule has 31 heavy (non-hydrogen) atoms. The molecule has 0 bridgehead atoms. The van der Waals surface area contributed by atoms with Gasteiger partial charge < -0.3 is 4.90 Å². The lowest BCUT2D eigenvalue weighted by molar-refractivity contribution is -0.628. The lowest BCUT2D eigenvalue weighted by atomic mass is 9.99. The second-order valence-corrected chi connectivity index (χ2v) is 9.13. The number of aromatic nitrogens is 1. The molecule has 1 amide bonds. The third kappa shape index (κ3) is 3.19. The summed E-state index contributed by atoms with van der Waals surface area (Å²) < 4.78 is 3.23. The van der Waals surface area contributed by atoms with Crippen LogP contribution < -0.4 is 19.9 Å². The van der Waals surface area contributed by atoms with E-state index in [9.17, 15) is 4.79 Å². The first-order valence-electron chi connectivity index (χ1n) is 10.3. The molecule has 5 nitrogen and oxygen atoms in total. The van der Waals surface area contributed by atoms with Crippen LogP contribution in [0, 0.1) is 0 Å². The monoisotopic (exact) mass is 429 g/mol. The molecule has 3 aromatic carbocycles. The molecule has 0 radical (unpaired) electrons. The number of thiazole rings is 1. The minimum absolute atomic E-state index is 0.00424. The smallest absolute Gasteiger partial charge is 0.363 e. The van der Waals surface area contributed by atoms with E-state index in [1.807, 2.05) is 38.2 Å². The van der Waals surface area contributed by atoms with Gasteiger partial charge in [-0.15, -0.1) is 5.43 Å². The number of fused-ring (bicyclic) bond motifs is 2. The van der Waals surface area contributed by atoms with E-state index in [4.69, 9.17) is 0 Å². The summed E-state index contributed by atoms with van der Waals surface area (Å²) in [6.45, 7) is 2.04. The van der Waals surface area contributed by atoms with Crippen molar-refractivity contribution in [3.8, 4) is 0 Å². The number of carbonyl (C=O) groups is 1. The standard InChI is InChI=1S/C25H25N4OS/c1-16-20(15-17-13-14-21(27(2)3)19-10-6-5-9-18(17)19)24(30)29(26-16)25-28(4)22-11-7-8-12-23(22)31-25/h5-16,26H,1-4H3/q+1/b20-15+. The number of hydrogen-bond donors (Lipinski definition) is 1. The van der Waals surface area contributed by atoms with Gasteiger partial charge in [-0.05, 0) is 53.5 Å². The number of anilines is 2. The summed E-state index contributed by atoms with van der Waals surface area (Å²) in [6.07, 6.45) is 2.04. The number of hydrazine groups is 1. The molecular weight excluding hydrogens is 404 g/mol. The summed E-state index contributed by atoms with van der Waals surface area (Å²) in [5.41, 5.74) is 7.47. The average Bonchev–Trinajstić information content (AvgIpc) is 3.25. The predicted octanol–water partition coefficient (Wildman–Crippen LogP) is 4.27. The van der Waals surface area contributed by atoms with Crippen molar-refractivity contribution < 1.29 is 9.36 Å². The highest BCUT2D eigenvalue weighted by Gasteiger charge is 2.42. The molecule has 6 heteroatoms. The van der Waals surface area contributed by atoms with Gasteiger partial charge in [-0.3, -0.25) is 0 Å². The van der Waals surface area contributed by atoms with Crippen LogP contribution in [0.5, 0.6) is 0 Å². The number of hydrogen-bond acceptors (Lipinski definition) is 4. The van der Waals surface area contributed by atoms with E-state index in [0.29, 0.717) is 0 Å². The highest BCUT2D eigenvalue weighted by Crippen LogP contribution is 2.33. The Labute approximate surface area is 185 Å². The summed E-state index contributed by atoms with van der Waals surface area (Å²) in [5, 5.41) is 4.90. The maximum atomic E-state index is 13.4. The lowest BCUT2D eigenvalue weighted by Crippen LogP contribution is -2.44. The van der Waals surface area contributed by atoms with E-state index in [-0.39, 0.29) is 11.9 Å². The summed E-state index contributed by atoms with van der Waals surface area (Å²) in [4.78, 5) is 15.6. The van der Waals surface area contributed by atoms with E-state index in [1.54, 1.807) is 16.3 Å². The van der Waals surface area contributed by atoms with Gasteiger partial charge in [0.2, 0.25) is 0 Å². The molecule has 0 aliphatic carbocycles. The third-order valence-electron chi connectivity index (χ3n) is 5.87. The summed E-state index contributed by atoms with van der Waals surface area (Å²) in [7, 11) is 6.10. The van der Waals surface area contributed by atoms with Crippen molar-refractivity contribution in [1.82, 2.24) is 5.43 Å². The van der Waals surface area contributed by atoms with Gasteiger partial charge in [0.25, 0.3) is 0 Å². The number of rotatable bonds is 3.